The molecule has 29 heavy (non-hydrogen) atoms. The van der Waals surface area contributed by atoms with Crippen LogP contribution < -0.4 is 17.2 Å². The first-order chi connectivity index (χ1) is 13.9. The fraction of sp³-hybridized carbons (Fsp3) is 0.136. The third-order valence-electron chi connectivity index (χ3n) is 4.28. The summed E-state index contributed by atoms with van der Waals surface area (Å²) in [6.07, 6.45) is 2.66. The average Bonchev–Trinajstić information content (AvgIpc) is 2.70. The highest BCUT2D eigenvalue weighted by Gasteiger charge is 2.07. The van der Waals surface area contributed by atoms with E-state index >= 15 is 0 Å². The van der Waals surface area contributed by atoms with Gasteiger partial charge in [0.2, 0.25) is 0 Å². The van der Waals surface area contributed by atoms with Crippen LogP contribution in [-0.2, 0) is 0 Å². The molecule has 0 aliphatic rings. The molecular weight excluding hydrogens is 386 g/mol. The molecule has 0 saturated heterocycles. The number of rotatable bonds is 5. The number of Topliss-reactive ketones (excluding diaryl/α,β-unsaturated/α-hetero) is 1. The minimum Gasteiger partial charge on any atom is -0.383 e. The van der Waals surface area contributed by atoms with Crippen molar-refractivity contribution in [3.8, 4) is 11.8 Å². The Morgan fingerprint density at radius 1 is 1.10 bits per heavy atom. The van der Waals surface area contributed by atoms with Gasteiger partial charge in [0.1, 0.15) is 5.82 Å². The van der Waals surface area contributed by atoms with Crippen LogP contribution in [-0.4, -0.2) is 23.3 Å². The molecule has 1 aromatic heterocycles. The van der Waals surface area contributed by atoms with E-state index in [0.29, 0.717) is 41.4 Å². The van der Waals surface area contributed by atoms with E-state index in [9.17, 15) is 4.79 Å². The number of fused-ring (bicyclic) bond motifs is 1. The number of nitrogen functional groups attached to an aromatic ring is 1. The number of guanidine groups is 1. The lowest BCUT2D eigenvalue weighted by molar-refractivity contribution is 0.0981. The Balaban J connectivity index is 1.76. The van der Waals surface area contributed by atoms with Crippen molar-refractivity contribution >= 4 is 39.9 Å². The van der Waals surface area contributed by atoms with Gasteiger partial charge in [-0.1, -0.05) is 41.6 Å². The largest absolute Gasteiger partial charge is 0.383 e. The van der Waals surface area contributed by atoms with E-state index in [1.54, 1.807) is 36.5 Å². The fourth-order valence-electron chi connectivity index (χ4n) is 2.80. The summed E-state index contributed by atoms with van der Waals surface area (Å²) >= 11 is 6.11. The van der Waals surface area contributed by atoms with Gasteiger partial charge in [-0.05, 0) is 30.7 Å². The Hall–Kier alpha value is -3.56. The van der Waals surface area contributed by atoms with Crippen molar-refractivity contribution in [1.29, 1.82) is 0 Å². The molecule has 2 aromatic carbocycles. The van der Waals surface area contributed by atoms with Crippen LogP contribution in [0.15, 0.2) is 53.7 Å². The number of anilines is 1. The number of nitrogens with zero attached hydrogens (tertiary/aromatic N) is 2. The van der Waals surface area contributed by atoms with Gasteiger partial charge in [0.05, 0.1) is 5.56 Å². The molecule has 0 aliphatic heterocycles. The number of carbonyl (C=O) groups is 1. The molecule has 0 amide bonds. The molecule has 0 radical (unpaired) electrons. The Morgan fingerprint density at radius 3 is 2.59 bits per heavy atom. The van der Waals surface area contributed by atoms with Crippen LogP contribution >= 0.6 is 11.6 Å². The number of pyridine rings is 1. The Morgan fingerprint density at radius 2 is 1.86 bits per heavy atom. The molecule has 0 aliphatic carbocycles. The van der Waals surface area contributed by atoms with Gasteiger partial charge in [0.15, 0.2) is 11.7 Å². The van der Waals surface area contributed by atoms with Crippen LogP contribution in [0.25, 0.3) is 10.8 Å². The lowest BCUT2D eigenvalue weighted by Crippen LogP contribution is -2.23. The molecule has 0 spiro atoms. The number of aliphatic imine (C=N–C) groups is 1. The predicted molar refractivity (Wildman–Crippen MR) is 118 cm³/mol. The fourth-order valence-corrected chi connectivity index (χ4v) is 2.97. The van der Waals surface area contributed by atoms with E-state index in [1.807, 2.05) is 12.1 Å². The van der Waals surface area contributed by atoms with E-state index in [0.717, 1.165) is 16.3 Å². The minimum atomic E-state index is 0.0321. The summed E-state index contributed by atoms with van der Waals surface area (Å²) in [4.78, 5) is 20.3. The molecule has 0 atom stereocenters. The highest BCUT2D eigenvalue weighted by Crippen LogP contribution is 2.24. The van der Waals surface area contributed by atoms with Crippen molar-refractivity contribution in [2.45, 2.75) is 12.8 Å². The number of hydrogen-bond acceptors (Lipinski definition) is 4. The summed E-state index contributed by atoms with van der Waals surface area (Å²) in [5.41, 5.74) is 18.6. The molecule has 3 aromatic rings. The maximum Gasteiger partial charge on any atom is 0.185 e. The van der Waals surface area contributed by atoms with Gasteiger partial charge < -0.3 is 17.2 Å². The van der Waals surface area contributed by atoms with Gasteiger partial charge >= 0.3 is 0 Å². The van der Waals surface area contributed by atoms with Crippen LogP contribution in [0.5, 0.6) is 0 Å². The van der Waals surface area contributed by atoms with Crippen LogP contribution in [0.1, 0.15) is 34.3 Å². The lowest BCUT2D eigenvalue weighted by atomic mass is 10.0. The number of carbonyl (C=O) groups excluding carboxylic acids is 1. The Bertz CT molecular complexity index is 1130. The van der Waals surface area contributed by atoms with E-state index in [2.05, 4.69) is 21.8 Å². The van der Waals surface area contributed by atoms with Gasteiger partial charge in [-0.15, -0.1) is 0 Å². The molecular formula is C22H20ClN5O. The standard InChI is InChI=1S/C22H20ClN5O/c23-17-9-8-16-13-28-21(24)18(19(16)12-17)10-5-14-3-6-15(7-4-14)20(29)2-1-11-27-22(25)26/h3-4,6-9,12-13H,1-2,11H2,(H2,24,28)(H4,25,26,27). The zero-order valence-electron chi connectivity index (χ0n) is 15.7. The molecule has 7 heteroatoms. The molecule has 3 rings (SSSR count). The summed E-state index contributed by atoms with van der Waals surface area (Å²) < 4.78 is 0. The summed E-state index contributed by atoms with van der Waals surface area (Å²) in [5, 5.41) is 2.37. The van der Waals surface area contributed by atoms with Crippen molar-refractivity contribution in [3.05, 3.63) is 70.4 Å². The SMILES string of the molecule is NC(N)=NCCCC(=O)c1ccc(C#Cc2c(N)ncc3ccc(Cl)cc23)cc1. The molecule has 0 fully saturated rings. The number of halogens is 1. The third kappa shape index (κ3) is 5.24. The molecule has 0 unspecified atom stereocenters. The maximum absolute atomic E-state index is 12.2. The third-order valence-corrected chi connectivity index (χ3v) is 4.51. The van der Waals surface area contributed by atoms with Crippen LogP contribution in [0, 0.1) is 11.8 Å². The summed E-state index contributed by atoms with van der Waals surface area (Å²) in [6.45, 7) is 0.433. The second kappa shape index (κ2) is 9.09. The number of aromatic nitrogens is 1. The van der Waals surface area contributed by atoms with E-state index in [4.69, 9.17) is 28.8 Å². The van der Waals surface area contributed by atoms with Crippen LogP contribution in [0.2, 0.25) is 5.02 Å². The second-order valence-electron chi connectivity index (χ2n) is 6.41. The number of ketones is 1. The van der Waals surface area contributed by atoms with Crippen LogP contribution in [0.4, 0.5) is 5.82 Å². The van der Waals surface area contributed by atoms with Crippen molar-refractivity contribution in [3.63, 3.8) is 0 Å². The van der Waals surface area contributed by atoms with E-state index in [-0.39, 0.29) is 11.7 Å². The molecule has 6 N–H and O–H groups in total. The van der Waals surface area contributed by atoms with Crippen molar-refractivity contribution in [2.24, 2.45) is 16.5 Å². The van der Waals surface area contributed by atoms with Gasteiger partial charge in [0, 0.05) is 46.1 Å². The smallest absolute Gasteiger partial charge is 0.185 e. The molecule has 0 saturated carbocycles. The number of nitrogens with two attached hydrogens (primary N) is 3. The van der Waals surface area contributed by atoms with Gasteiger partial charge in [-0.3, -0.25) is 9.79 Å². The topological polar surface area (TPSA) is 120 Å². The first kappa shape index (κ1) is 20.2. The Kier molecular flexibility index (Phi) is 6.32. The van der Waals surface area contributed by atoms with Crippen molar-refractivity contribution in [2.75, 3.05) is 12.3 Å². The van der Waals surface area contributed by atoms with Gasteiger partial charge in [-0.25, -0.2) is 4.98 Å². The maximum atomic E-state index is 12.2. The molecule has 1 heterocycles. The predicted octanol–water partition coefficient (Wildman–Crippen LogP) is 3.11. The first-order valence-electron chi connectivity index (χ1n) is 8.98. The molecule has 0 bridgehead atoms. The van der Waals surface area contributed by atoms with Crippen molar-refractivity contribution in [1.82, 2.24) is 4.98 Å². The highest BCUT2D eigenvalue weighted by atomic mass is 35.5. The Labute approximate surface area is 173 Å². The zero-order valence-corrected chi connectivity index (χ0v) is 16.4. The second-order valence-corrected chi connectivity index (χ2v) is 6.85. The molecule has 6 nitrogen and oxygen atoms in total. The van der Waals surface area contributed by atoms with E-state index in [1.165, 1.54) is 0 Å². The summed E-state index contributed by atoms with van der Waals surface area (Å²) in [6, 6.07) is 12.6. The highest BCUT2D eigenvalue weighted by molar-refractivity contribution is 6.31. The van der Waals surface area contributed by atoms with Crippen molar-refractivity contribution < 1.29 is 4.79 Å². The number of hydrogen-bond donors (Lipinski definition) is 3. The monoisotopic (exact) mass is 405 g/mol. The first-order valence-corrected chi connectivity index (χ1v) is 9.36. The summed E-state index contributed by atoms with van der Waals surface area (Å²) in [7, 11) is 0. The zero-order chi connectivity index (χ0) is 20.8. The van der Waals surface area contributed by atoms with E-state index < -0.39 is 0 Å². The van der Waals surface area contributed by atoms with Gasteiger partial charge in [0.25, 0.3) is 0 Å². The number of benzene rings is 2. The van der Waals surface area contributed by atoms with Crippen LogP contribution in [0.3, 0.4) is 0 Å². The lowest BCUT2D eigenvalue weighted by Gasteiger charge is -2.04. The summed E-state index contributed by atoms with van der Waals surface area (Å²) in [5.74, 6) is 6.57. The quantitative estimate of drug-likeness (QED) is 0.198. The molecule has 146 valence electrons. The normalized spacial score (nSPS) is 10.2. The van der Waals surface area contributed by atoms with Gasteiger partial charge in [-0.2, -0.15) is 0 Å². The average molecular weight is 406 g/mol. The minimum absolute atomic E-state index is 0.0321.